The lowest BCUT2D eigenvalue weighted by molar-refractivity contribution is -0.132. The van der Waals surface area contributed by atoms with E-state index in [-0.39, 0.29) is 18.9 Å². The number of carbonyl (C=O) groups excluding carboxylic acids is 1. The zero-order valence-electron chi connectivity index (χ0n) is 22.5. The van der Waals surface area contributed by atoms with Gasteiger partial charge in [0, 0.05) is 61.7 Å². The molecule has 2 fully saturated rings. The zero-order chi connectivity index (χ0) is 27.0. The summed E-state index contributed by atoms with van der Waals surface area (Å²) in [6.45, 7) is 8.39. The van der Waals surface area contributed by atoms with Crippen LogP contribution in [0.4, 0.5) is 14.6 Å². The van der Waals surface area contributed by atoms with E-state index in [2.05, 4.69) is 53.5 Å². The lowest BCUT2D eigenvalue weighted by Gasteiger charge is -2.33. The number of nitrogens with zero attached hydrogens (tertiary/aromatic N) is 3. The van der Waals surface area contributed by atoms with E-state index >= 15 is 0 Å². The number of fused-ring (bicyclic) bond motifs is 1. The number of nitrogens with one attached hydrogen (secondary N) is 2. The van der Waals surface area contributed by atoms with Crippen molar-refractivity contribution in [3.63, 3.8) is 0 Å². The number of likely N-dealkylation sites (tertiary alicyclic amines) is 2. The highest BCUT2D eigenvalue weighted by Crippen LogP contribution is 2.38. The van der Waals surface area contributed by atoms with Gasteiger partial charge in [0.05, 0.1) is 12.2 Å². The van der Waals surface area contributed by atoms with Crippen LogP contribution in [0.15, 0.2) is 30.5 Å². The molecule has 1 aromatic carbocycles. The molecule has 7 nitrogen and oxygen atoms in total. The van der Waals surface area contributed by atoms with Crippen LogP contribution >= 0.6 is 0 Å². The minimum Gasteiger partial charge on any atom is -0.354 e. The second-order valence-corrected chi connectivity index (χ2v) is 11.2. The molecule has 2 saturated heterocycles. The van der Waals surface area contributed by atoms with E-state index in [4.69, 9.17) is 5.84 Å². The van der Waals surface area contributed by atoms with Crippen molar-refractivity contribution in [3.05, 3.63) is 47.2 Å². The summed E-state index contributed by atoms with van der Waals surface area (Å²) < 4.78 is 26.9. The van der Waals surface area contributed by atoms with Crippen LogP contribution in [0.1, 0.15) is 68.1 Å². The van der Waals surface area contributed by atoms with E-state index in [1.54, 1.807) is 4.90 Å². The molecular formula is C29H38F2N6O. The van der Waals surface area contributed by atoms with Gasteiger partial charge in [-0.1, -0.05) is 19.9 Å². The van der Waals surface area contributed by atoms with Gasteiger partial charge in [-0.15, -0.1) is 0 Å². The highest BCUT2D eigenvalue weighted by atomic mass is 19.3. The fraction of sp³-hybridized carbons (Fsp3) is 0.517. The second-order valence-electron chi connectivity index (χ2n) is 11.2. The maximum absolute atomic E-state index is 13.4. The fourth-order valence-electron chi connectivity index (χ4n) is 6.05. The highest BCUT2D eigenvalue weighted by Gasteiger charge is 2.38. The van der Waals surface area contributed by atoms with Gasteiger partial charge in [-0.2, -0.15) is 0 Å². The third kappa shape index (κ3) is 5.40. The Labute approximate surface area is 222 Å². The van der Waals surface area contributed by atoms with Crippen molar-refractivity contribution in [3.8, 4) is 11.3 Å². The number of rotatable bonds is 7. The van der Waals surface area contributed by atoms with Crippen molar-refractivity contribution in [2.24, 2.45) is 5.84 Å². The minimum absolute atomic E-state index is 0.0752. The summed E-state index contributed by atoms with van der Waals surface area (Å²) in [6.07, 6.45) is 3.87. The molecule has 9 heteroatoms. The molecule has 2 aromatic heterocycles. The maximum atomic E-state index is 13.4. The fourth-order valence-corrected chi connectivity index (χ4v) is 6.05. The number of aryl methyl sites for hydroxylation is 1. The van der Waals surface area contributed by atoms with Gasteiger partial charge < -0.3 is 15.3 Å². The third-order valence-electron chi connectivity index (χ3n) is 8.15. The lowest BCUT2D eigenvalue weighted by atomic mass is 9.87. The molecule has 0 unspecified atom stereocenters. The number of nitrogen functional groups attached to an aromatic ring is 1. The first kappa shape index (κ1) is 26.6. The first-order valence-electron chi connectivity index (χ1n) is 13.6. The Morgan fingerprint density at radius 1 is 1.24 bits per heavy atom. The average molecular weight is 525 g/mol. The van der Waals surface area contributed by atoms with Crippen molar-refractivity contribution < 1.29 is 13.6 Å². The number of anilines is 1. The van der Waals surface area contributed by atoms with E-state index in [9.17, 15) is 13.6 Å². The molecular weight excluding hydrogens is 486 g/mol. The minimum atomic E-state index is -2.61. The number of hydrogen-bond donors (Lipinski definition) is 3. The number of halogens is 2. The van der Waals surface area contributed by atoms with Crippen molar-refractivity contribution in [2.75, 3.05) is 38.1 Å². The molecule has 2 aliphatic heterocycles. The largest absolute Gasteiger partial charge is 0.354 e. The Morgan fingerprint density at radius 2 is 2.00 bits per heavy atom. The smallest absolute Gasteiger partial charge is 0.261 e. The van der Waals surface area contributed by atoms with Crippen LogP contribution in [0.25, 0.3) is 22.2 Å². The number of benzene rings is 1. The van der Waals surface area contributed by atoms with E-state index in [0.717, 1.165) is 35.2 Å². The van der Waals surface area contributed by atoms with Gasteiger partial charge in [-0.25, -0.2) is 19.6 Å². The van der Waals surface area contributed by atoms with Crippen LogP contribution < -0.4 is 11.3 Å². The molecule has 0 spiro atoms. The standard InChI is InChI=1S/C29H38F2N6O/c1-18(2)26-23-15-21(4-5-24(23)34-27(26)22-14-19(3)28(35-32)33-16-22)20-6-11-37(12-7-20)25(38)8-10-36-13-9-29(30,31)17-36/h4-5,14-16,18,20,34H,6-13,17,32H2,1-3H3,(H,33,35). The first-order valence-corrected chi connectivity index (χ1v) is 13.6. The molecule has 5 rings (SSSR count). The summed E-state index contributed by atoms with van der Waals surface area (Å²) in [5.74, 6) is 4.41. The molecule has 3 aromatic rings. The molecule has 204 valence electrons. The Balaban J connectivity index is 1.28. The average Bonchev–Trinajstić information content (AvgIpc) is 3.46. The van der Waals surface area contributed by atoms with Gasteiger partial charge in [0.2, 0.25) is 5.91 Å². The van der Waals surface area contributed by atoms with Crippen LogP contribution in [0.3, 0.4) is 0 Å². The molecule has 0 saturated carbocycles. The summed E-state index contributed by atoms with van der Waals surface area (Å²) in [5.41, 5.74) is 9.42. The zero-order valence-corrected chi connectivity index (χ0v) is 22.5. The molecule has 0 radical (unpaired) electrons. The van der Waals surface area contributed by atoms with Crippen molar-refractivity contribution in [2.45, 2.75) is 64.2 Å². The number of aromatic amines is 1. The molecule has 2 aliphatic rings. The first-order chi connectivity index (χ1) is 18.1. The lowest BCUT2D eigenvalue weighted by Crippen LogP contribution is -2.39. The van der Waals surface area contributed by atoms with Crippen LogP contribution in [0, 0.1) is 6.92 Å². The van der Waals surface area contributed by atoms with Gasteiger partial charge >= 0.3 is 0 Å². The van der Waals surface area contributed by atoms with E-state index in [0.29, 0.717) is 50.3 Å². The Bertz CT molecular complexity index is 1310. The normalized spacial score (nSPS) is 18.6. The van der Waals surface area contributed by atoms with Gasteiger partial charge in [-0.3, -0.25) is 9.69 Å². The van der Waals surface area contributed by atoms with Crippen molar-refractivity contribution >= 4 is 22.6 Å². The van der Waals surface area contributed by atoms with E-state index in [1.807, 2.05) is 18.0 Å². The highest BCUT2D eigenvalue weighted by molar-refractivity contribution is 5.92. The molecule has 38 heavy (non-hydrogen) atoms. The Morgan fingerprint density at radius 3 is 2.63 bits per heavy atom. The molecule has 0 aliphatic carbocycles. The molecule has 4 heterocycles. The van der Waals surface area contributed by atoms with Crippen LogP contribution in [0.2, 0.25) is 0 Å². The number of piperidine rings is 1. The number of aromatic nitrogens is 2. The molecule has 0 atom stereocenters. The number of hydrogen-bond acceptors (Lipinski definition) is 5. The predicted molar refractivity (Wildman–Crippen MR) is 147 cm³/mol. The molecule has 1 amide bonds. The quantitative estimate of drug-likeness (QED) is 0.285. The van der Waals surface area contributed by atoms with Crippen LogP contribution in [-0.2, 0) is 4.79 Å². The second kappa shape index (κ2) is 10.6. The van der Waals surface area contributed by atoms with E-state index in [1.165, 1.54) is 16.5 Å². The monoisotopic (exact) mass is 524 g/mol. The van der Waals surface area contributed by atoms with Crippen molar-refractivity contribution in [1.29, 1.82) is 0 Å². The molecule has 4 N–H and O–H groups in total. The number of carbonyl (C=O) groups is 1. The number of alkyl halides is 2. The van der Waals surface area contributed by atoms with Gasteiger partial charge in [0.1, 0.15) is 5.82 Å². The Hall–Kier alpha value is -3.04. The number of H-pyrrole nitrogens is 1. The van der Waals surface area contributed by atoms with Crippen LogP contribution in [-0.4, -0.2) is 64.3 Å². The summed E-state index contributed by atoms with van der Waals surface area (Å²) in [5, 5.41) is 1.23. The topological polar surface area (TPSA) is 90.3 Å². The van der Waals surface area contributed by atoms with Gasteiger partial charge in [-0.05, 0) is 66.5 Å². The van der Waals surface area contributed by atoms with Crippen molar-refractivity contribution in [1.82, 2.24) is 19.8 Å². The number of hydrazine groups is 1. The predicted octanol–water partition coefficient (Wildman–Crippen LogP) is 5.38. The number of pyridine rings is 1. The Kier molecular flexibility index (Phi) is 7.42. The van der Waals surface area contributed by atoms with Gasteiger partial charge in [0.15, 0.2) is 0 Å². The maximum Gasteiger partial charge on any atom is 0.261 e. The third-order valence-corrected chi connectivity index (χ3v) is 8.15. The van der Waals surface area contributed by atoms with Crippen LogP contribution in [0.5, 0.6) is 0 Å². The SMILES string of the molecule is Cc1cc(-c2[nH]c3ccc(C4CCN(C(=O)CCN5CCC(F)(F)C5)CC4)cc3c2C(C)C)cnc1NN. The summed E-state index contributed by atoms with van der Waals surface area (Å²) in [4.78, 5) is 24.5. The number of amides is 1. The molecule has 0 bridgehead atoms. The summed E-state index contributed by atoms with van der Waals surface area (Å²) in [6, 6.07) is 8.78. The summed E-state index contributed by atoms with van der Waals surface area (Å²) >= 11 is 0. The van der Waals surface area contributed by atoms with E-state index < -0.39 is 5.92 Å². The summed E-state index contributed by atoms with van der Waals surface area (Å²) in [7, 11) is 0. The number of nitrogens with two attached hydrogens (primary N) is 1. The van der Waals surface area contributed by atoms with Gasteiger partial charge in [0.25, 0.3) is 5.92 Å².